The lowest BCUT2D eigenvalue weighted by Gasteiger charge is -2.61. The normalized spacial score (nSPS) is 39.8. The lowest BCUT2D eigenvalue weighted by molar-refractivity contribution is -0.115. The Hall–Kier alpha value is -2.49. The van der Waals surface area contributed by atoms with Gasteiger partial charge >= 0.3 is 0 Å². The Morgan fingerprint density at radius 1 is 0.944 bits per heavy atom. The zero-order chi connectivity index (χ0) is 24.9. The molecule has 0 aliphatic heterocycles. The summed E-state index contributed by atoms with van der Waals surface area (Å²) < 4.78 is 0. The lowest BCUT2D eigenvalue weighted by atomic mass is 9.44. The third kappa shape index (κ3) is 3.66. The molecule has 4 saturated carbocycles. The van der Waals surface area contributed by atoms with Crippen molar-refractivity contribution in [3.8, 4) is 0 Å². The predicted octanol–water partition coefficient (Wildman–Crippen LogP) is 8.69. The van der Waals surface area contributed by atoms with Gasteiger partial charge in [0.1, 0.15) is 0 Å². The number of hydrogen-bond acceptors (Lipinski definition) is 3. The van der Waals surface area contributed by atoms with Gasteiger partial charge in [-0.05, 0) is 121 Å². The fourth-order valence-corrected chi connectivity index (χ4v) is 9.70. The molecule has 1 aromatic carbocycles. The van der Waals surface area contributed by atoms with Gasteiger partial charge in [-0.1, -0.05) is 44.4 Å². The van der Waals surface area contributed by atoms with Gasteiger partial charge < -0.3 is 0 Å². The number of benzene rings is 1. The van der Waals surface area contributed by atoms with E-state index in [1.807, 2.05) is 23.6 Å². The molecule has 4 fully saturated rings. The number of rotatable bonds is 5. The van der Waals surface area contributed by atoms with Gasteiger partial charge in [0.25, 0.3) is 0 Å². The Kier molecular flexibility index (Phi) is 6.05. The van der Waals surface area contributed by atoms with Crippen LogP contribution in [-0.2, 0) is 0 Å². The first-order valence-electron chi connectivity index (χ1n) is 14.2. The van der Waals surface area contributed by atoms with Crippen molar-refractivity contribution in [1.82, 2.24) is 9.99 Å². The van der Waals surface area contributed by atoms with Crippen LogP contribution in [0.3, 0.4) is 0 Å². The molecule has 4 nitrogen and oxygen atoms in total. The number of fused-ring (bicyclic) bond motifs is 6. The highest BCUT2D eigenvalue weighted by Crippen LogP contribution is 2.69. The SMILES string of the molecule is C=C/N=N\N(C=C)[C@H]1CC[C@@]2(C)[C@@H](CC[C@@H]3[C@@H]2CC[C@]2(C)[C@@H](c4ccc5ccncc5c4)CC[C@@H]32)C1. The molecule has 0 unspecified atom stereocenters. The summed E-state index contributed by atoms with van der Waals surface area (Å²) in [6.07, 6.45) is 19.3. The highest BCUT2D eigenvalue weighted by atomic mass is 15.5. The molecule has 8 atom stereocenters. The summed E-state index contributed by atoms with van der Waals surface area (Å²) in [5, 5.41) is 13.0. The zero-order valence-corrected chi connectivity index (χ0v) is 22.1. The first-order valence-corrected chi connectivity index (χ1v) is 14.2. The van der Waals surface area contributed by atoms with E-state index in [4.69, 9.17) is 0 Å². The zero-order valence-electron chi connectivity index (χ0n) is 22.1. The molecule has 4 aliphatic rings. The molecule has 0 bridgehead atoms. The Morgan fingerprint density at radius 3 is 2.61 bits per heavy atom. The minimum Gasteiger partial charge on any atom is -0.264 e. The average Bonchev–Trinajstić information content (AvgIpc) is 3.26. The molecule has 0 N–H and O–H groups in total. The van der Waals surface area contributed by atoms with Crippen molar-refractivity contribution in [3.05, 3.63) is 67.8 Å². The van der Waals surface area contributed by atoms with E-state index in [-0.39, 0.29) is 0 Å². The van der Waals surface area contributed by atoms with Gasteiger partial charge in [0.15, 0.2) is 0 Å². The van der Waals surface area contributed by atoms with Gasteiger partial charge in [0.05, 0.1) is 6.04 Å². The van der Waals surface area contributed by atoms with E-state index in [0.29, 0.717) is 22.8 Å². The monoisotopic (exact) mass is 482 g/mol. The van der Waals surface area contributed by atoms with E-state index in [0.717, 1.165) is 23.7 Å². The third-order valence-corrected chi connectivity index (χ3v) is 11.5. The average molecular weight is 483 g/mol. The fraction of sp³-hybridized carbons (Fsp3) is 0.594. The molecule has 0 radical (unpaired) electrons. The van der Waals surface area contributed by atoms with Gasteiger partial charge in [0.2, 0.25) is 0 Å². The quantitative estimate of drug-likeness (QED) is 0.316. The first kappa shape index (κ1) is 23.9. The van der Waals surface area contributed by atoms with E-state index in [9.17, 15) is 0 Å². The lowest BCUT2D eigenvalue weighted by Crippen LogP contribution is -2.54. The van der Waals surface area contributed by atoms with Crippen molar-refractivity contribution in [3.63, 3.8) is 0 Å². The molecule has 0 spiro atoms. The molecule has 6 rings (SSSR count). The summed E-state index contributed by atoms with van der Waals surface area (Å²) in [7, 11) is 0. The molecular weight excluding hydrogens is 440 g/mol. The summed E-state index contributed by atoms with van der Waals surface area (Å²) in [5.41, 5.74) is 2.45. The number of aromatic nitrogens is 1. The van der Waals surface area contributed by atoms with Crippen LogP contribution in [0.2, 0.25) is 0 Å². The highest BCUT2D eigenvalue weighted by Gasteiger charge is 2.60. The summed E-state index contributed by atoms with van der Waals surface area (Å²) in [6.45, 7) is 13.0. The van der Waals surface area contributed by atoms with E-state index >= 15 is 0 Å². The van der Waals surface area contributed by atoms with Gasteiger partial charge in [0, 0.05) is 30.2 Å². The number of nitrogens with zero attached hydrogens (tertiary/aromatic N) is 4. The topological polar surface area (TPSA) is 40.9 Å². The van der Waals surface area contributed by atoms with Gasteiger partial charge in [-0.3, -0.25) is 9.99 Å². The van der Waals surface area contributed by atoms with Crippen LogP contribution in [0.1, 0.15) is 83.1 Å². The largest absolute Gasteiger partial charge is 0.264 e. The molecule has 4 aliphatic carbocycles. The van der Waals surface area contributed by atoms with Crippen molar-refractivity contribution >= 4 is 10.8 Å². The van der Waals surface area contributed by atoms with Crippen LogP contribution in [0.15, 0.2) is 72.6 Å². The van der Waals surface area contributed by atoms with Crippen molar-refractivity contribution < 1.29 is 0 Å². The maximum atomic E-state index is 4.39. The van der Waals surface area contributed by atoms with Crippen LogP contribution in [0.25, 0.3) is 10.8 Å². The second kappa shape index (κ2) is 9.11. The van der Waals surface area contributed by atoms with E-state index in [1.54, 1.807) is 5.56 Å². The van der Waals surface area contributed by atoms with Crippen LogP contribution < -0.4 is 0 Å². The Morgan fingerprint density at radius 2 is 1.78 bits per heavy atom. The van der Waals surface area contributed by atoms with Crippen molar-refractivity contribution in [2.45, 2.75) is 83.6 Å². The van der Waals surface area contributed by atoms with Gasteiger partial charge in [-0.2, -0.15) is 0 Å². The van der Waals surface area contributed by atoms with Crippen LogP contribution >= 0.6 is 0 Å². The predicted molar refractivity (Wildman–Crippen MR) is 147 cm³/mol. The molecule has 1 aromatic heterocycles. The van der Waals surface area contributed by atoms with Crippen LogP contribution in [-0.4, -0.2) is 16.0 Å². The molecule has 0 saturated heterocycles. The standard InChI is InChI=1S/C32H42N4/c1-5-34-35-36(6-2)26-13-16-31(3)25(20-26)9-10-27-29-12-11-28(32(29,4)17-14-30(27)31)23-8-7-22-15-18-33-21-24(22)19-23/h5-8,15,18-19,21,25-30H,1-2,9-14,16-17,20H2,3-4H3/b35-34-/t25-,26-,27-,28+,29-,30-,31-,32+/m0/s1. The molecule has 4 heteroatoms. The molecule has 190 valence electrons. The Labute approximate surface area is 217 Å². The third-order valence-electron chi connectivity index (χ3n) is 11.5. The summed E-state index contributed by atoms with van der Waals surface area (Å²) in [5.74, 6) is 4.11. The van der Waals surface area contributed by atoms with E-state index in [2.05, 4.69) is 66.6 Å². The highest BCUT2D eigenvalue weighted by molar-refractivity contribution is 5.82. The second-order valence-electron chi connectivity index (χ2n) is 12.7. The fourth-order valence-electron chi connectivity index (χ4n) is 9.70. The van der Waals surface area contributed by atoms with E-state index in [1.165, 1.54) is 74.8 Å². The molecule has 1 heterocycles. The number of pyridine rings is 1. The Bertz CT molecular complexity index is 1170. The van der Waals surface area contributed by atoms with Crippen LogP contribution in [0.4, 0.5) is 0 Å². The van der Waals surface area contributed by atoms with Crippen molar-refractivity contribution in [2.75, 3.05) is 0 Å². The van der Waals surface area contributed by atoms with Crippen LogP contribution in [0.5, 0.6) is 0 Å². The first-order chi connectivity index (χ1) is 17.5. The van der Waals surface area contributed by atoms with Crippen LogP contribution in [0, 0.1) is 34.5 Å². The maximum absolute atomic E-state index is 4.39. The summed E-state index contributed by atoms with van der Waals surface area (Å²) in [4.78, 5) is 4.39. The summed E-state index contributed by atoms with van der Waals surface area (Å²) >= 11 is 0. The van der Waals surface area contributed by atoms with E-state index < -0.39 is 0 Å². The minimum atomic E-state index is 0.424. The van der Waals surface area contributed by atoms with Crippen molar-refractivity contribution in [2.24, 2.45) is 44.8 Å². The molecule has 2 aromatic rings. The van der Waals surface area contributed by atoms with Gasteiger partial charge in [-0.25, -0.2) is 0 Å². The number of hydrogen-bond donors (Lipinski definition) is 0. The second-order valence-corrected chi connectivity index (χ2v) is 12.7. The maximum Gasteiger partial charge on any atom is 0.0539 e. The minimum absolute atomic E-state index is 0.424. The smallest absolute Gasteiger partial charge is 0.0539 e. The Balaban J connectivity index is 1.22. The van der Waals surface area contributed by atoms with Gasteiger partial charge in [-0.15, -0.1) is 5.11 Å². The molecule has 36 heavy (non-hydrogen) atoms. The van der Waals surface area contributed by atoms with Crippen molar-refractivity contribution in [1.29, 1.82) is 0 Å². The molecule has 0 amide bonds. The molecular formula is C32H42N4. The summed E-state index contributed by atoms with van der Waals surface area (Å²) in [6, 6.07) is 9.74.